The van der Waals surface area contributed by atoms with Gasteiger partial charge in [-0.1, -0.05) is 63.1 Å². The van der Waals surface area contributed by atoms with Crippen molar-refractivity contribution in [3.63, 3.8) is 0 Å². The minimum absolute atomic E-state index is 0.772. The Morgan fingerprint density at radius 2 is 1.45 bits per heavy atom. The molecule has 0 amide bonds. The van der Waals surface area contributed by atoms with Crippen LogP contribution in [-0.4, -0.2) is 0 Å². The van der Waals surface area contributed by atoms with Crippen LogP contribution in [0.1, 0.15) is 84.0 Å². The molecule has 0 aliphatic heterocycles. The van der Waals surface area contributed by atoms with Crippen LogP contribution in [0, 0.1) is 23.7 Å². The van der Waals surface area contributed by atoms with Gasteiger partial charge in [-0.3, -0.25) is 0 Å². The molecular weight excluding hydrogens is 264 g/mol. The van der Waals surface area contributed by atoms with Crippen LogP contribution in [0.25, 0.3) is 0 Å². The summed E-state index contributed by atoms with van der Waals surface area (Å²) in [5, 5.41) is 0. The monoisotopic (exact) mass is 296 g/mol. The molecule has 0 aromatic carbocycles. The lowest BCUT2D eigenvalue weighted by atomic mass is 9.68. The molecule has 2 aliphatic rings. The summed E-state index contributed by atoms with van der Waals surface area (Å²) in [4.78, 5) is 0. The fourth-order valence-electron chi connectivity index (χ4n) is 4.54. The van der Waals surface area contributed by atoms with E-state index in [2.05, 4.69) is 13.0 Å². The lowest BCUT2D eigenvalue weighted by Gasteiger charge is -2.37. The number of halogens is 1. The molecule has 0 radical (unpaired) electrons. The van der Waals surface area contributed by atoms with Gasteiger partial charge in [0.25, 0.3) is 0 Å². The van der Waals surface area contributed by atoms with E-state index < -0.39 is 0 Å². The molecule has 0 saturated heterocycles. The third kappa shape index (κ3) is 5.10. The van der Waals surface area contributed by atoms with E-state index in [0.29, 0.717) is 0 Å². The minimum Gasteiger partial charge on any atom is -0.0933 e. The molecule has 0 nitrogen and oxygen atoms in total. The first-order valence-electron chi connectivity index (χ1n) is 9.10. The van der Waals surface area contributed by atoms with Crippen molar-refractivity contribution in [2.24, 2.45) is 23.7 Å². The summed E-state index contributed by atoms with van der Waals surface area (Å²) < 4.78 is 0. The maximum absolute atomic E-state index is 5.71. The topological polar surface area (TPSA) is 0 Å². The van der Waals surface area contributed by atoms with E-state index in [9.17, 15) is 0 Å². The smallest absolute Gasteiger partial charge is 0.000525 e. The van der Waals surface area contributed by atoms with Crippen molar-refractivity contribution in [1.29, 1.82) is 0 Å². The fourth-order valence-corrected chi connectivity index (χ4v) is 4.75. The highest BCUT2D eigenvalue weighted by Crippen LogP contribution is 2.42. The Hall–Kier alpha value is 0.0300. The van der Waals surface area contributed by atoms with Gasteiger partial charge in [0.2, 0.25) is 0 Å². The highest BCUT2D eigenvalue weighted by atomic mass is 35.5. The van der Waals surface area contributed by atoms with Crippen molar-refractivity contribution in [3.05, 3.63) is 11.6 Å². The van der Waals surface area contributed by atoms with Gasteiger partial charge >= 0.3 is 0 Å². The fraction of sp³-hybridized carbons (Fsp3) is 0.895. The lowest BCUT2D eigenvalue weighted by molar-refractivity contribution is 0.151. The average Bonchev–Trinajstić information content (AvgIpc) is 2.49. The number of rotatable bonds is 6. The predicted molar refractivity (Wildman–Crippen MR) is 90.0 cm³/mol. The molecule has 0 aromatic heterocycles. The van der Waals surface area contributed by atoms with Gasteiger partial charge in [-0.05, 0) is 62.2 Å². The summed E-state index contributed by atoms with van der Waals surface area (Å²) >= 11 is 5.71. The van der Waals surface area contributed by atoms with Crippen LogP contribution >= 0.6 is 11.6 Å². The lowest BCUT2D eigenvalue weighted by Crippen LogP contribution is -2.25. The Morgan fingerprint density at radius 3 is 2.00 bits per heavy atom. The van der Waals surface area contributed by atoms with Gasteiger partial charge in [0.15, 0.2) is 0 Å². The van der Waals surface area contributed by atoms with Crippen molar-refractivity contribution in [3.8, 4) is 0 Å². The molecule has 116 valence electrons. The van der Waals surface area contributed by atoms with Crippen LogP contribution in [0.4, 0.5) is 0 Å². The third-order valence-corrected chi connectivity index (χ3v) is 6.08. The van der Waals surface area contributed by atoms with E-state index in [1.165, 1.54) is 77.0 Å². The molecule has 0 bridgehead atoms. The summed E-state index contributed by atoms with van der Waals surface area (Å²) in [6.45, 7) is 2.31. The summed E-state index contributed by atoms with van der Waals surface area (Å²) in [5.74, 6) is 3.92. The third-order valence-electron chi connectivity index (χ3n) is 5.94. The molecule has 2 fully saturated rings. The van der Waals surface area contributed by atoms with E-state index >= 15 is 0 Å². The predicted octanol–water partition coefficient (Wildman–Crippen LogP) is 6.93. The van der Waals surface area contributed by atoms with Gasteiger partial charge in [0, 0.05) is 5.54 Å². The summed E-state index contributed by atoms with van der Waals surface area (Å²) in [6, 6.07) is 0. The Labute approximate surface area is 131 Å². The zero-order valence-corrected chi connectivity index (χ0v) is 14.1. The molecule has 1 heteroatoms. The molecule has 2 saturated carbocycles. The Bertz CT molecular complexity index is 267. The molecule has 0 spiro atoms. The van der Waals surface area contributed by atoms with Crippen LogP contribution in [0.2, 0.25) is 0 Å². The van der Waals surface area contributed by atoms with E-state index in [4.69, 9.17) is 11.6 Å². The Morgan fingerprint density at radius 1 is 0.850 bits per heavy atom. The first-order chi connectivity index (χ1) is 9.83. The highest BCUT2D eigenvalue weighted by molar-refractivity contribution is 6.25. The number of allylic oxidation sites excluding steroid dienone is 1. The second-order valence-corrected chi connectivity index (χ2v) is 7.52. The SMILES string of the molecule is CCCCCC1CCC(C2CCC(C=CCl)CC2)CC1. The summed E-state index contributed by atoms with van der Waals surface area (Å²) in [6.07, 6.45) is 19.8. The Balaban J connectivity index is 1.64. The van der Waals surface area contributed by atoms with E-state index in [0.717, 1.165) is 23.7 Å². The molecule has 2 aliphatic carbocycles. The van der Waals surface area contributed by atoms with Gasteiger partial charge in [0.05, 0.1) is 0 Å². The number of hydrogen-bond acceptors (Lipinski definition) is 0. The van der Waals surface area contributed by atoms with E-state index in [1.807, 2.05) is 0 Å². The molecule has 0 unspecified atom stereocenters. The van der Waals surface area contributed by atoms with Crippen molar-refractivity contribution in [2.45, 2.75) is 84.0 Å². The number of hydrogen-bond donors (Lipinski definition) is 0. The maximum atomic E-state index is 5.71. The van der Waals surface area contributed by atoms with Crippen LogP contribution in [0.5, 0.6) is 0 Å². The van der Waals surface area contributed by atoms with Crippen LogP contribution in [0.3, 0.4) is 0 Å². The quantitative estimate of drug-likeness (QED) is 0.466. The molecule has 0 heterocycles. The minimum atomic E-state index is 0.772. The van der Waals surface area contributed by atoms with Gasteiger partial charge in [-0.15, -0.1) is 0 Å². The van der Waals surface area contributed by atoms with E-state index in [-0.39, 0.29) is 0 Å². The molecule has 0 atom stereocenters. The number of unbranched alkanes of at least 4 members (excludes halogenated alkanes) is 2. The zero-order chi connectivity index (χ0) is 14.2. The second kappa shape index (κ2) is 9.13. The largest absolute Gasteiger partial charge is 0.0933 e. The molecule has 0 aromatic rings. The molecule has 20 heavy (non-hydrogen) atoms. The van der Waals surface area contributed by atoms with Crippen LogP contribution in [0.15, 0.2) is 11.6 Å². The van der Waals surface area contributed by atoms with Gasteiger partial charge < -0.3 is 0 Å². The van der Waals surface area contributed by atoms with Crippen LogP contribution in [-0.2, 0) is 0 Å². The molecular formula is C19H33Cl. The first-order valence-corrected chi connectivity index (χ1v) is 9.54. The molecule has 0 N–H and O–H groups in total. The standard InChI is InChI=1S/C19H33Cl/c1-2-3-4-5-16-6-10-18(11-7-16)19-12-8-17(9-13-19)14-15-20/h14-19H,2-13H2,1H3. The van der Waals surface area contributed by atoms with Crippen molar-refractivity contribution in [1.82, 2.24) is 0 Å². The van der Waals surface area contributed by atoms with E-state index in [1.54, 1.807) is 5.54 Å². The van der Waals surface area contributed by atoms with Gasteiger partial charge in [-0.25, -0.2) is 0 Å². The second-order valence-electron chi connectivity index (χ2n) is 7.27. The van der Waals surface area contributed by atoms with Crippen LogP contribution < -0.4 is 0 Å². The molecule has 2 rings (SSSR count). The summed E-state index contributed by atoms with van der Waals surface area (Å²) in [7, 11) is 0. The highest BCUT2D eigenvalue weighted by Gasteiger charge is 2.30. The zero-order valence-electron chi connectivity index (χ0n) is 13.3. The van der Waals surface area contributed by atoms with Crippen molar-refractivity contribution in [2.75, 3.05) is 0 Å². The van der Waals surface area contributed by atoms with Crippen molar-refractivity contribution >= 4 is 11.6 Å². The maximum Gasteiger partial charge on any atom is 0.000525 e. The van der Waals surface area contributed by atoms with Gasteiger partial charge in [0.1, 0.15) is 0 Å². The normalized spacial score (nSPS) is 35.5. The first kappa shape index (κ1) is 16.4. The Kier molecular flexibility index (Phi) is 7.49. The van der Waals surface area contributed by atoms with Gasteiger partial charge in [-0.2, -0.15) is 0 Å². The summed E-state index contributed by atoms with van der Waals surface area (Å²) in [5.41, 5.74) is 1.73. The average molecular weight is 297 g/mol. The van der Waals surface area contributed by atoms with Crippen molar-refractivity contribution < 1.29 is 0 Å².